The van der Waals surface area contributed by atoms with Gasteiger partial charge in [0.05, 0.1) is 19.1 Å². The van der Waals surface area contributed by atoms with E-state index in [0.29, 0.717) is 54.5 Å². The predicted molar refractivity (Wildman–Crippen MR) is 130 cm³/mol. The molecule has 8 nitrogen and oxygen atoms in total. The van der Waals surface area contributed by atoms with Crippen LogP contribution in [0, 0.1) is 6.92 Å². The Hall–Kier alpha value is -3.59. The fourth-order valence-corrected chi connectivity index (χ4v) is 4.95. The van der Waals surface area contributed by atoms with Crippen molar-refractivity contribution < 1.29 is 19.1 Å². The molecule has 0 atom stereocenters. The summed E-state index contributed by atoms with van der Waals surface area (Å²) < 4.78 is 12.2. The van der Waals surface area contributed by atoms with Crippen LogP contribution in [0.3, 0.4) is 0 Å². The Bertz CT molecular complexity index is 1280. The van der Waals surface area contributed by atoms with E-state index in [4.69, 9.17) is 9.47 Å². The molecule has 0 radical (unpaired) electrons. The SMILES string of the molecule is COc1cccc(CNC(=O)c2c(OC)cc(=O)n3c2CCN(C(=O)c2ccc(C)s2)CC3)c1. The number of hydrogen-bond acceptors (Lipinski definition) is 6. The second-order valence-corrected chi connectivity index (χ2v) is 9.30. The number of carbonyl (C=O) groups is 2. The number of hydrogen-bond donors (Lipinski definition) is 1. The first-order valence-electron chi connectivity index (χ1n) is 11.0. The lowest BCUT2D eigenvalue weighted by atomic mass is 10.1. The van der Waals surface area contributed by atoms with Crippen LogP contribution in [0.5, 0.6) is 11.5 Å². The van der Waals surface area contributed by atoms with E-state index in [1.165, 1.54) is 24.5 Å². The molecule has 0 aliphatic carbocycles. The molecule has 0 saturated carbocycles. The molecular formula is C25H27N3O5S. The highest BCUT2D eigenvalue weighted by molar-refractivity contribution is 7.13. The topological polar surface area (TPSA) is 89.9 Å². The number of aryl methyl sites for hydroxylation is 1. The van der Waals surface area contributed by atoms with Crippen molar-refractivity contribution in [3.05, 3.63) is 79.4 Å². The summed E-state index contributed by atoms with van der Waals surface area (Å²) in [6.07, 6.45) is 0.366. The summed E-state index contributed by atoms with van der Waals surface area (Å²) >= 11 is 1.45. The standard InChI is InChI=1S/C25H27N3O5S/c1-16-7-8-21(34-16)25(31)27-10-9-19-23(20(33-3)14-22(29)28(19)12-11-27)24(30)26-15-17-5-4-6-18(13-17)32-2/h4-8,13-14H,9-12,15H2,1-3H3,(H,26,30). The lowest BCUT2D eigenvalue weighted by molar-refractivity contribution is 0.0764. The number of carbonyl (C=O) groups excluding carboxylic acids is 2. The summed E-state index contributed by atoms with van der Waals surface area (Å²) in [5.41, 5.74) is 1.53. The van der Waals surface area contributed by atoms with E-state index >= 15 is 0 Å². The molecule has 178 valence electrons. The third-order valence-electron chi connectivity index (χ3n) is 5.87. The molecule has 1 aromatic carbocycles. The summed E-state index contributed by atoms with van der Waals surface area (Å²) in [6, 6.07) is 12.5. The molecule has 4 rings (SSSR count). The molecule has 2 aromatic heterocycles. The number of fused-ring (bicyclic) bond motifs is 1. The van der Waals surface area contributed by atoms with E-state index in [0.717, 1.165) is 10.4 Å². The normalized spacial score (nSPS) is 13.1. The van der Waals surface area contributed by atoms with E-state index < -0.39 is 0 Å². The third kappa shape index (κ3) is 4.84. The van der Waals surface area contributed by atoms with E-state index in [2.05, 4.69) is 5.32 Å². The lowest BCUT2D eigenvalue weighted by Crippen LogP contribution is -2.33. The van der Waals surface area contributed by atoms with Gasteiger partial charge in [-0.1, -0.05) is 12.1 Å². The van der Waals surface area contributed by atoms with Gasteiger partial charge in [-0.15, -0.1) is 11.3 Å². The number of nitrogens with one attached hydrogen (secondary N) is 1. The maximum Gasteiger partial charge on any atom is 0.263 e. The van der Waals surface area contributed by atoms with Gasteiger partial charge in [-0.05, 0) is 36.8 Å². The maximum absolute atomic E-state index is 13.3. The Morgan fingerprint density at radius 2 is 1.88 bits per heavy atom. The maximum atomic E-state index is 13.3. The Morgan fingerprint density at radius 3 is 2.59 bits per heavy atom. The Morgan fingerprint density at radius 1 is 1.06 bits per heavy atom. The van der Waals surface area contributed by atoms with Crippen molar-refractivity contribution in [2.24, 2.45) is 0 Å². The zero-order valence-electron chi connectivity index (χ0n) is 19.4. The molecular weight excluding hydrogens is 454 g/mol. The second-order valence-electron chi connectivity index (χ2n) is 8.01. The number of aromatic nitrogens is 1. The van der Waals surface area contributed by atoms with E-state index in [1.54, 1.807) is 16.6 Å². The van der Waals surface area contributed by atoms with Gasteiger partial charge in [0, 0.05) is 49.2 Å². The Labute approximate surface area is 201 Å². The minimum atomic E-state index is -0.336. The molecule has 0 fully saturated rings. The van der Waals surface area contributed by atoms with Gasteiger partial charge in [0.15, 0.2) is 0 Å². The van der Waals surface area contributed by atoms with Crippen LogP contribution in [0.4, 0.5) is 0 Å². The lowest BCUT2D eigenvalue weighted by Gasteiger charge is -2.18. The van der Waals surface area contributed by atoms with Gasteiger partial charge in [0.2, 0.25) is 0 Å². The molecule has 1 aliphatic rings. The Kier molecular flexibility index (Phi) is 7.02. The zero-order chi connectivity index (χ0) is 24.2. The van der Waals surface area contributed by atoms with Gasteiger partial charge in [-0.3, -0.25) is 14.4 Å². The van der Waals surface area contributed by atoms with Gasteiger partial charge in [0.25, 0.3) is 17.4 Å². The van der Waals surface area contributed by atoms with Crippen molar-refractivity contribution >= 4 is 23.2 Å². The summed E-state index contributed by atoms with van der Waals surface area (Å²) in [7, 11) is 3.03. The molecule has 0 spiro atoms. The fraction of sp³-hybridized carbons (Fsp3) is 0.320. The van der Waals surface area contributed by atoms with Crippen LogP contribution >= 0.6 is 11.3 Å². The Balaban J connectivity index is 1.59. The summed E-state index contributed by atoms with van der Waals surface area (Å²) in [4.78, 5) is 42.5. The number of methoxy groups -OCH3 is 2. The van der Waals surface area contributed by atoms with E-state index in [-0.39, 0.29) is 23.1 Å². The first-order chi connectivity index (χ1) is 16.4. The summed E-state index contributed by atoms with van der Waals surface area (Å²) in [5, 5.41) is 2.93. The molecule has 3 heterocycles. The van der Waals surface area contributed by atoms with Crippen LogP contribution in [0.2, 0.25) is 0 Å². The van der Waals surface area contributed by atoms with Gasteiger partial charge >= 0.3 is 0 Å². The van der Waals surface area contributed by atoms with Gasteiger partial charge in [-0.25, -0.2) is 0 Å². The van der Waals surface area contributed by atoms with Crippen LogP contribution in [0.25, 0.3) is 0 Å². The molecule has 0 unspecified atom stereocenters. The molecule has 3 aromatic rings. The van der Waals surface area contributed by atoms with Gasteiger partial charge in [0.1, 0.15) is 17.1 Å². The molecule has 9 heteroatoms. The van der Waals surface area contributed by atoms with Crippen LogP contribution in [0.15, 0.2) is 47.3 Å². The third-order valence-corrected chi connectivity index (χ3v) is 6.85. The molecule has 1 N–H and O–H groups in total. The quantitative estimate of drug-likeness (QED) is 0.585. The van der Waals surface area contributed by atoms with Crippen molar-refractivity contribution in [3.63, 3.8) is 0 Å². The highest BCUT2D eigenvalue weighted by Crippen LogP contribution is 2.24. The van der Waals surface area contributed by atoms with Gasteiger partial charge < -0.3 is 24.3 Å². The first kappa shape index (κ1) is 23.6. The highest BCUT2D eigenvalue weighted by Gasteiger charge is 2.27. The molecule has 0 bridgehead atoms. The van der Waals surface area contributed by atoms with Crippen molar-refractivity contribution in [3.8, 4) is 11.5 Å². The van der Waals surface area contributed by atoms with Gasteiger partial charge in [-0.2, -0.15) is 0 Å². The van der Waals surface area contributed by atoms with Crippen LogP contribution in [0.1, 0.15) is 36.2 Å². The van der Waals surface area contributed by atoms with E-state index in [1.807, 2.05) is 43.3 Å². The van der Waals surface area contributed by atoms with Crippen LogP contribution in [-0.4, -0.2) is 48.6 Å². The minimum absolute atomic E-state index is 0.0602. The summed E-state index contributed by atoms with van der Waals surface area (Å²) in [6.45, 7) is 3.35. The fourth-order valence-electron chi connectivity index (χ4n) is 4.12. The number of rotatable bonds is 6. The molecule has 1 aliphatic heterocycles. The first-order valence-corrected chi connectivity index (χ1v) is 11.8. The van der Waals surface area contributed by atoms with Crippen LogP contribution in [-0.2, 0) is 19.5 Å². The number of thiophene rings is 1. The molecule has 0 saturated heterocycles. The number of nitrogens with zero attached hydrogens (tertiary/aromatic N) is 2. The van der Waals surface area contributed by atoms with Crippen molar-refractivity contribution in [1.82, 2.24) is 14.8 Å². The average Bonchev–Trinajstić information content (AvgIpc) is 3.16. The molecule has 2 amide bonds. The van der Waals surface area contributed by atoms with Crippen LogP contribution < -0.4 is 20.3 Å². The number of ether oxygens (including phenoxy) is 2. The van der Waals surface area contributed by atoms with Crippen molar-refractivity contribution in [1.29, 1.82) is 0 Å². The largest absolute Gasteiger partial charge is 0.497 e. The highest BCUT2D eigenvalue weighted by atomic mass is 32.1. The smallest absolute Gasteiger partial charge is 0.263 e. The van der Waals surface area contributed by atoms with E-state index in [9.17, 15) is 14.4 Å². The predicted octanol–water partition coefficient (Wildman–Crippen LogP) is 2.86. The number of pyridine rings is 1. The van der Waals surface area contributed by atoms with Crippen molar-refractivity contribution in [2.75, 3.05) is 27.3 Å². The summed E-state index contributed by atoms with van der Waals surface area (Å²) in [5.74, 6) is 0.537. The monoisotopic (exact) mass is 481 g/mol. The second kappa shape index (κ2) is 10.1. The average molecular weight is 482 g/mol. The minimum Gasteiger partial charge on any atom is -0.497 e. The zero-order valence-corrected chi connectivity index (χ0v) is 20.2. The molecule has 34 heavy (non-hydrogen) atoms. The number of benzene rings is 1. The number of amides is 2. The van der Waals surface area contributed by atoms with Crippen molar-refractivity contribution in [2.45, 2.75) is 26.4 Å².